The quantitative estimate of drug-likeness (QED) is 0.799. The van der Waals surface area contributed by atoms with Gasteiger partial charge in [0.1, 0.15) is 11.5 Å². The van der Waals surface area contributed by atoms with Crippen molar-refractivity contribution in [2.75, 3.05) is 25.0 Å². The Hall–Kier alpha value is -2.11. The molecule has 0 spiro atoms. The molecule has 22 heavy (non-hydrogen) atoms. The van der Waals surface area contributed by atoms with E-state index >= 15 is 0 Å². The van der Waals surface area contributed by atoms with Crippen LogP contribution in [0.1, 0.15) is 6.92 Å². The molecule has 0 aliphatic heterocycles. The fraction of sp³-hybridized carbons (Fsp3) is 0.235. The maximum atomic E-state index is 9.01. The number of benzene rings is 2. The first kappa shape index (κ1) is 16.3. The lowest BCUT2D eigenvalue weighted by Gasteiger charge is -2.23. The standard InChI is InChI=1S/C17H20N2O2S/c1-2-19(12-13-20)17(22)18-14-8-10-16(11-9-14)21-15-6-4-3-5-7-15/h3-11,20H,2,12-13H2,1H3,(H,18,22). The molecule has 0 atom stereocenters. The van der Waals surface area contributed by atoms with Crippen LogP contribution in [0, 0.1) is 0 Å². The Labute approximate surface area is 136 Å². The van der Waals surface area contributed by atoms with Gasteiger partial charge in [-0.1, -0.05) is 18.2 Å². The van der Waals surface area contributed by atoms with Crippen LogP contribution in [0.2, 0.25) is 0 Å². The second-order valence-electron chi connectivity index (χ2n) is 4.67. The highest BCUT2D eigenvalue weighted by molar-refractivity contribution is 7.80. The Morgan fingerprint density at radius 3 is 2.32 bits per heavy atom. The Bertz CT molecular complexity index is 587. The van der Waals surface area contributed by atoms with Crippen LogP contribution in [0.5, 0.6) is 11.5 Å². The molecule has 5 heteroatoms. The highest BCUT2D eigenvalue weighted by Gasteiger charge is 2.07. The van der Waals surface area contributed by atoms with Gasteiger partial charge in [0.2, 0.25) is 0 Å². The van der Waals surface area contributed by atoms with Crippen LogP contribution in [0.4, 0.5) is 5.69 Å². The number of ether oxygens (including phenoxy) is 1. The average Bonchev–Trinajstić information content (AvgIpc) is 2.55. The zero-order valence-corrected chi connectivity index (χ0v) is 13.3. The lowest BCUT2D eigenvalue weighted by atomic mass is 10.3. The average molecular weight is 316 g/mol. The van der Waals surface area contributed by atoms with Gasteiger partial charge in [-0.2, -0.15) is 0 Å². The molecule has 0 saturated carbocycles. The van der Waals surface area contributed by atoms with E-state index < -0.39 is 0 Å². The smallest absolute Gasteiger partial charge is 0.173 e. The summed E-state index contributed by atoms with van der Waals surface area (Å²) in [5, 5.41) is 12.8. The van der Waals surface area contributed by atoms with E-state index in [1.807, 2.05) is 66.4 Å². The maximum Gasteiger partial charge on any atom is 0.173 e. The highest BCUT2D eigenvalue weighted by atomic mass is 32.1. The van der Waals surface area contributed by atoms with Crippen molar-refractivity contribution in [2.24, 2.45) is 0 Å². The monoisotopic (exact) mass is 316 g/mol. The third kappa shape index (κ3) is 4.72. The van der Waals surface area contributed by atoms with Crippen molar-refractivity contribution in [2.45, 2.75) is 6.92 Å². The molecule has 0 unspecified atom stereocenters. The second-order valence-corrected chi connectivity index (χ2v) is 5.06. The number of para-hydroxylation sites is 1. The molecule has 0 aromatic heterocycles. The molecule has 0 heterocycles. The van der Waals surface area contributed by atoms with Gasteiger partial charge in [-0.15, -0.1) is 0 Å². The number of likely N-dealkylation sites (N-methyl/N-ethyl adjacent to an activating group) is 1. The van der Waals surface area contributed by atoms with E-state index in [0.29, 0.717) is 11.7 Å². The van der Waals surface area contributed by atoms with Crippen LogP contribution in [0.25, 0.3) is 0 Å². The van der Waals surface area contributed by atoms with Crippen LogP contribution in [0.3, 0.4) is 0 Å². The fourth-order valence-electron chi connectivity index (χ4n) is 1.96. The third-order valence-corrected chi connectivity index (χ3v) is 3.48. The molecule has 2 rings (SSSR count). The van der Waals surface area contributed by atoms with Gasteiger partial charge in [-0.3, -0.25) is 0 Å². The van der Waals surface area contributed by atoms with Crippen LogP contribution < -0.4 is 10.1 Å². The van der Waals surface area contributed by atoms with Crippen molar-refractivity contribution in [3.8, 4) is 11.5 Å². The van der Waals surface area contributed by atoms with Gasteiger partial charge in [0.15, 0.2) is 5.11 Å². The minimum Gasteiger partial charge on any atom is -0.457 e. The fourth-order valence-corrected chi connectivity index (χ4v) is 2.30. The van der Waals surface area contributed by atoms with Gasteiger partial charge >= 0.3 is 0 Å². The third-order valence-electron chi connectivity index (χ3n) is 3.12. The van der Waals surface area contributed by atoms with Crippen molar-refractivity contribution in [1.82, 2.24) is 4.90 Å². The van der Waals surface area contributed by atoms with Gasteiger partial charge < -0.3 is 20.1 Å². The summed E-state index contributed by atoms with van der Waals surface area (Å²) in [6, 6.07) is 17.3. The molecule has 0 aliphatic carbocycles. The van der Waals surface area contributed by atoms with E-state index in [1.165, 1.54) is 0 Å². The maximum absolute atomic E-state index is 9.01. The van der Waals surface area contributed by atoms with E-state index in [1.54, 1.807) is 0 Å². The van der Waals surface area contributed by atoms with E-state index in [2.05, 4.69) is 5.32 Å². The summed E-state index contributed by atoms with van der Waals surface area (Å²) < 4.78 is 5.74. The number of rotatable bonds is 6. The molecule has 0 amide bonds. The number of hydrogen-bond acceptors (Lipinski definition) is 3. The van der Waals surface area contributed by atoms with Crippen molar-refractivity contribution < 1.29 is 9.84 Å². The van der Waals surface area contributed by atoms with Crippen LogP contribution in [-0.4, -0.2) is 34.8 Å². The van der Waals surface area contributed by atoms with Crippen molar-refractivity contribution in [3.05, 3.63) is 54.6 Å². The molecular weight excluding hydrogens is 296 g/mol. The predicted octanol–water partition coefficient (Wildman–Crippen LogP) is 3.49. The Balaban J connectivity index is 1.95. The summed E-state index contributed by atoms with van der Waals surface area (Å²) in [7, 11) is 0. The van der Waals surface area contributed by atoms with Gasteiger partial charge in [-0.25, -0.2) is 0 Å². The molecule has 0 radical (unpaired) electrons. The first-order chi connectivity index (χ1) is 10.7. The molecule has 2 aromatic carbocycles. The number of aliphatic hydroxyl groups is 1. The molecule has 116 valence electrons. The molecule has 0 saturated heterocycles. The number of thiocarbonyl (C=S) groups is 1. The second kappa shape index (κ2) is 8.36. The zero-order valence-electron chi connectivity index (χ0n) is 12.5. The largest absolute Gasteiger partial charge is 0.457 e. The SMILES string of the molecule is CCN(CCO)C(=S)Nc1ccc(Oc2ccccc2)cc1. The van der Waals surface area contributed by atoms with Crippen molar-refractivity contribution >= 4 is 23.0 Å². The van der Waals surface area contributed by atoms with E-state index in [-0.39, 0.29) is 6.61 Å². The van der Waals surface area contributed by atoms with E-state index in [9.17, 15) is 0 Å². The molecule has 0 fully saturated rings. The molecule has 0 aliphatic rings. The lowest BCUT2D eigenvalue weighted by Crippen LogP contribution is -2.36. The van der Waals surface area contributed by atoms with Gasteiger partial charge in [-0.05, 0) is 55.5 Å². The van der Waals surface area contributed by atoms with Gasteiger partial charge in [0.05, 0.1) is 6.61 Å². The summed E-state index contributed by atoms with van der Waals surface area (Å²) in [5.74, 6) is 1.57. The zero-order chi connectivity index (χ0) is 15.8. The van der Waals surface area contributed by atoms with Gasteiger partial charge in [0, 0.05) is 18.8 Å². The number of nitrogens with one attached hydrogen (secondary N) is 1. The number of nitrogens with zero attached hydrogens (tertiary/aromatic N) is 1. The Kier molecular flexibility index (Phi) is 6.18. The molecule has 2 N–H and O–H groups in total. The number of anilines is 1. The lowest BCUT2D eigenvalue weighted by molar-refractivity contribution is 0.254. The molecule has 0 bridgehead atoms. The normalized spacial score (nSPS) is 10.1. The minimum atomic E-state index is 0.0829. The number of aliphatic hydroxyl groups excluding tert-OH is 1. The highest BCUT2D eigenvalue weighted by Crippen LogP contribution is 2.22. The van der Waals surface area contributed by atoms with Crippen molar-refractivity contribution in [3.63, 3.8) is 0 Å². The molecule has 4 nitrogen and oxygen atoms in total. The Morgan fingerprint density at radius 2 is 1.73 bits per heavy atom. The summed E-state index contributed by atoms with van der Waals surface area (Å²) in [5.41, 5.74) is 0.891. The van der Waals surface area contributed by atoms with Gasteiger partial charge in [0.25, 0.3) is 0 Å². The minimum absolute atomic E-state index is 0.0829. The first-order valence-electron chi connectivity index (χ1n) is 7.22. The van der Waals surface area contributed by atoms with E-state index in [0.717, 1.165) is 23.7 Å². The van der Waals surface area contributed by atoms with E-state index in [4.69, 9.17) is 22.1 Å². The van der Waals surface area contributed by atoms with Crippen LogP contribution in [0.15, 0.2) is 54.6 Å². The summed E-state index contributed by atoms with van der Waals surface area (Å²) >= 11 is 5.33. The van der Waals surface area contributed by atoms with Crippen molar-refractivity contribution in [1.29, 1.82) is 0 Å². The summed E-state index contributed by atoms with van der Waals surface area (Å²) in [6.45, 7) is 3.36. The topological polar surface area (TPSA) is 44.7 Å². The number of hydrogen-bond donors (Lipinski definition) is 2. The molecular formula is C17H20N2O2S. The Morgan fingerprint density at radius 1 is 1.09 bits per heavy atom. The van der Waals surface area contributed by atoms with Crippen LogP contribution >= 0.6 is 12.2 Å². The summed E-state index contributed by atoms with van der Waals surface area (Å²) in [4.78, 5) is 1.91. The summed E-state index contributed by atoms with van der Waals surface area (Å²) in [6.07, 6.45) is 0. The first-order valence-corrected chi connectivity index (χ1v) is 7.63. The predicted molar refractivity (Wildman–Crippen MR) is 93.5 cm³/mol. The molecule has 2 aromatic rings. The van der Waals surface area contributed by atoms with Crippen LogP contribution in [-0.2, 0) is 0 Å².